The smallest absolute Gasteiger partial charge is 0.119 e. The third-order valence-electron chi connectivity index (χ3n) is 3.18. The lowest BCUT2D eigenvalue weighted by atomic mass is 10.1. The number of hydrogen-bond acceptors (Lipinski definition) is 2. The summed E-state index contributed by atoms with van der Waals surface area (Å²) in [5.74, 6) is 0.898. The molecule has 0 bridgehead atoms. The first kappa shape index (κ1) is 14.1. The van der Waals surface area contributed by atoms with Gasteiger partial charge in [-0.15, -0.1) is 0 Å². The molecule has 0 spiro atoms. The zero-order valence-electron chi connectivity index (χ0n) is 11.6. The summed E-state index contributed by atoms with van der Waals surface area (Å²) in [5, 5.41) is 8.49. The van der Waals surface area contributed by atoms with E-state index in [0.717, 1.165) is 25.0 Å². The highest BCUT2D eigenvalue weighted by atomic mass is 16.5. The van der Waals surface area contributed by atoms with Crippen LogP contribution in [0, 0.1) is 11.3 Å². The van der Waals surface area contributed by atoms with E-state index in [0.29, 0.717) is 13.0 Å². The summed E-state index contributed by atoms with van der Waals surface area (Å²) in [7, 11) is 0. The van der Waals surface area contributed by atoms with Crippen LogP contribution in [0.5, 0.6) is 5.75 Å². The maximum absolute atomic E-state index is 8.49. The Balaban J connectivity index is 1.78. The topological polar surface area (TPSA) is 33.0 Å². The van der Waals surface area contributed by atoms with E-state index < -0.39 is 0 Å². The van der Waals surface area contributed by atoms with E-state index in [1.54, 1.807) is 0 Å². The zero-order valence-corrected chi connectivity index (χ0v) is 11.6. The van der Waals surface area contributed by atoms with Crippen LogP contribution in [0.2, 0.25) is 0 Å². The van der Waals surface area contributed by atoms with Crippen molar-refractivity contribution >= 4 is 0 Å². The fourth-order valence-electron chi connectivity index (χ4n) is 2.03. The highest BCUT2D eigenvalue weighted by Crippen LogP contribution is 2.15. The number of ether oxygens (including phenoxy) is 1. The minimum Gasteiger partial charge on any atom is -0.489 e. The van der Waals surface area contributed by atoms with Gasteiger partial charge < -0.3 is 4.74 Å². The van der Waals surface area contributed by atoms with Gasteiger partial charge in [0.05, 0.1) is 6.07 Å². The molecule has 0 atom stereocenters. The zero-order chi connectivity index (χ0) is 14.0. The van der Waals surface area contributed by atoms with Crippen molar-refractivity contribution in [1.29, 1.82) is 5.26 Å². The Labute approximate surface area is 120 Å². The Hall–Kier alpha value is -2.27. The Kier molecular flexibility index (Phi) is 5.67. The van der Waals surface area contributed by atoms with Crippen molar-refractivity contribution in [1.82, 2.24) is 0 Å². The number of nitriles is 1. The van der Waals surface area contributed by atoms with Gasteiger partial charge in [-0.05, 0) is 42.5 Å². The first-order valence-electron chi connectivity index (χ1n) is 7.01. The minimum absolute atomic E-state index is 0.600. The van der Waals surface area contributed by atoms with Crippen LogP contribution >= 0.6 is 0 Å². The van der Waals surface area contributed by atoms with Crippen LogP contribution in [0.3, 0.4) is 0 Å². The van der Waals surface area contributed by atoms with Gasteiger partial charge in [0.25, 0.3) is 0 Å². The van der Waals surface area contributed by atoms with Crippen molar-refractivity contribution in [3.05, 3.63) is 65.7 Å². The Morgan fingerprint density at radius 1 is 0.850 bits per heavy atom. The van der Waals surface area contributed by atoms with Gasteiger partial charge in [0.15, 0.2) is 0 Å². The van der Waals surface area contributed by atoms with Crippen molar-refractivity contribution < 1.29 is 4.74 Å². The third kappa shape index (κ3) is 4.78. The number of rotatable bonds is 7. The van der Waals surface area contributed by atoms with Crippen molar-refractivity contribution in [2.75, 3.05) is 0 Å². The summed E-state index contributed by atoms with van der Waals surface area (Å²) >= 11 is 0. The number of aryl methyl sites for hydroxylation is 1. The molecule has 2 aromatic rings. The molecular weight excluding hydrogens is 246 g/mol. The van der Waals surface area contributed by atoms with Crippen molar-refractivity contribution in [2.45, 2.75) is 32.3 Å². The molecule has 0 aliphatic rings. The lowest BCUT2D eigenvalue weighted by Gasteiger charge is -2.07. The fourth-order valence-corrected chi connectivity index (χ4v) is 2.03. The van der Waals surface area contributed by atoms with Crippen molar-refractivity contribution in [2.24, 2.45) is 0 Å². The van der Waals surface area contributed by atoms with E-state index in [1.807, 2.05) is 30.3 Å². The average molecular weight is 265 g/mol. The van der Waals surface area contributed by atoms with Gasteiger partial charge in [0.2, 0.25) is 0 Å². The molecule has 2 nitrogen and oxygen atoms in total. The standard InChI is InChI=1S/C18H19NO/c19-14-6-2-5-7-16-10-12-18(13-11-16)20-15-17-8-3-1-4-9-17/h1,3-4,8-13H,2,5-7,15H2. The Morgan fingerprint density at radius 2 is 1.60 bits per heavy atom. The molecule has 0 fully saturated rings. The highest BCUT2D eigenvalue weighted by Gasteiger charge is 1.97. The van der Waals surface area contributed by atoms with Crippen LogP contribution in [0.1, 0.15) is 30.4 Å². The molecule has 0 aromatic heterocycles. The quantitative estimate of drug-likeness (QED) is 0.690. The van der Waals surface area contributed by atoms with Gasteiger partial charge in [0, 0.05) is 6.42 Å². The van der Waals surface area contributed by atoms with Gasteiger partial charge in [-0.1, -0.05) is 42.5 Å². The van der Waals surface area contributed by atoms with Crippen molar-refractivity contribution in [3.8, 4) is 11.8 Å². The molecule has 2 heteroatoms. The second-order valence-corrected chi connectivity index (χ2v) is 4.78. The summed E-state index contributed by atoms with van der Waals surface area (Å²) in [6.07, 6.45) is 3.72. The normalized spacial score (nSPS) is 9.95. The van der Waals surface area contributed by atoms with E-state index >= 15 is 0 Å². The first-order valence-corrected chi connectivity index (χ1v) is 7.01. The monoisotopic (exact) mass is 265 g/mol. The van der Waals surface area contributed by atoms with E-state index in [-0.39, 0.29) is 0 Å². The maximum atomic E-state index is 8.49. The lowest BCUT2D eigenvalue weighted by molar-refractivity contribution is 0.306. The second-order valence-electron chi connectivity index (χ2n) is 4.78. The average Bonchev–Trinajstić information content (AvgIpc) is 2.52. The molecule has 2 rings (SSSR count). The second kappa shape index (κ2) is 8.01. The molecule has 0 heterocycles. The molecule has 20 heavy (non-hydrogen) atoms. The molecule has 102 valence electrons. The number of benzene rings is 2. The molecule has 0 saturated carbocycles. The van der Waals surface area contributed by atoms with Crippen LogP contribution in [-0.2, 0) is 13.0 Å². The summed E-state index contributed by atoms with van der Waals surface area (Å²) in [6, 6.07) is 20.6. The number of unbranched alkanes of at least 4 members (excludes halogenated alkanes) is 2. The van der Waals surface area contributed by atoms with Gasteiger partial charge in [-0.25, -0.2) is 0 Å². The summed E-state index contributed by atoms with van der Waals surface area (Å²) in [4.78, 5) is 0. The molecular formula is C18H19NO. The molecule has 0 aliphatic heterocycles. The molecule has 2 aromatic carbocycles. The number of hydrogen-bond donors (Lipinski definition) is 0. The Morgan fingerprint density at radius 3 is 2.30 bits per heavy atom. The van der Waals surface area contributed by atoms with Crippen LogP contribution in [0.4, 0.5) is 0 Å². The van der Waals surface area contributed by atoms with Gasteiger partial charge in [-0.2, -0.15) is 5.26 Å². The van der Waals surface area contributed by atoms with Crippen LogP contribution < -0.4 is 4.74 Å². The molecule has 0 radical (unpaired) electrons. The minimum atomic E-state index is 0.600. The van der Waals surface area contributed by atoms with Crippen LogP contribution in [-0.4, -0.2) is 0 Å². The van der Waals surface area contributed by atoms with E-state index in [9.17, 15) is 0 Å². The molecule has 0 aliphatic carbocycles. The molecule has 0 N–H and O–H groups in total. The van der Waals surface area contributed by atoms with Gasteiger partial charge in [-0.3, -0.25) is 0 Å². The molecule has 0 amide bonds. The van der Waals surface area contributed by atoms with E-state index in [2.05, 4.69) is 30.3 Å². The summed E-state index contributed by atoms with van der Waals surface area (Å²) in [6.45, 7) is 0.600. The predicted octanol–water partition coefficient (Wildman–Crippen LogP) is 4.50. The molecule has 0 saturated heterocycles. The van der Waals surface area contributed by atoms with E-state index in [4.69, 9.17) is 10.00 Å². The van der Waals surface area contributed by atoms with E-state index in [1.165, 1.54) is 11.1 Å². The third-order valence-corrected chi connectivity index (χ3v) is 3.18. The van der Waals surface area contributed by atoms with Crippen molar-refractivity contribution in [3.63, 3.8) is 0 Å². The SMILES string of the molecule is N#CCCCCc1ccc(OCc2ccccc2)cc1. The highest BCUT2D eigenvalue weighted by molar-refractivity contribution is 5.27. The van der Waals surface area contributed by atoms with Crippen LogP contribution in [0.25, 0.3) is 0 Å². The predicted molar refractivity (Wildman–Crippen MR) is 80.4 cm³/mol. The largest absolute Gasteiger partial charge is 0.489 e. The van der Waals surface area contributed by atoms with Crippen LogP contribution in [0.15, 0.2) is 54.6 Å². The maximum Gasteiger partial charge on any atom is 0.119 e. The summed E-state index contributed by atoms with van der Waals surface area (Å²) in [5.41, 5.74) is 2.48. The van der Waals surface area contributed by atoms with Gasteiger partial charge >= 0.3 is 0 Å². The number of nitrogens with zero attached hydrogens (tertiary/aromatic N) is 1. The fraction of sp³-hybridized carbons (Fsp3) is 0.278. The van der Waals surface area contributed by atoms with Gasteiger partial charge in [0.1, 0.15) is 12.4 Å². The molecule has 0 unspecified atom stereocenters. The Bertz CT molecular complexity index is 540. The first-order chi connectivity index (χ1) is 9.88. The lowest BCUT2D eigenvalue weighted by Crippen LogP contribution is -1.95. The summed E-state index contributed by atoms with van der Waals surface area (Å²) < 4.78 is 5.75.